The summed E-state index contributed by atoms with van der Waals surface area (Å²) in [5, 5.41) is 34.3. The fourth-order valence-corrected chi connectivity index (χ4v) is 7.47. The maximum absolute atomic E-state index is 14.0. The Labute approximate surface area is 302 Å². The number of fused-ring (bicyclic) bond motifs is 1. The third-order valence-corrected chi connectivity index (χ3v) is 10.4. The number of carboxylic acid groups (broad SMARTS) is 1. The number of hydrogen-bond donors (Lipinski definition) is 4. The number of nitrogens with zero attached hydrogens (tertiary/aromatic N) is 6. The lowest BCUT2D eigenvalue weighted by Crippen LogP contribution is -2.65. The number of rotatable bonds is 16. The molecule has 0 spiro atoms. The number of para-hydroxylation sites is 1. The molecule has 16 nitrogen and oxygen atoms in total. The van der Waals surface area contributed by atoms with E-state index in [-0.39, 0.29) is 50.3 Å². The van der Waals surface area contributed by atoms with Crippen molar-refractivity contribution in [2.45, 2.75) is 68.2 Å². The number of amides is 5. The molecule has 5 amide bonds. The van der Waals surface area contributed by atoms with Crippen molar-refractivity contribution in [3.05, 3.63) is 65.4 Å². The molecule has 2 aliphatic heterocycles. The molecule has 0 bridgehead atoms. The van der Waals surface area contributed by atoms with Crippen LogP contribution in [0, 0.1) is 5.92 Å². The topological polar surface area (TPSA) is 209 Å². The van der Waals surface area contributed by atoms with E-state index in [0.29, 0.717) is 30.2 Å². The van der Waals surface area contributed by atoms with E-state index in [1.807, 2.05) is 35.7 Å². The van der Waals surface area contributed by atoms with Crippen LogP contribution in [0.15, 0.2) is 65.7 Å². The summed E-state index contributed by atoms with van der Waals surface area (Å²) in [4.78, 5) is 80.8. The van der Waals surface area contributed by atoms with Crippen LogP contribution in [-0.2, 0) is 30.4 Å². The SMILES string of the molecule is C=CCC(C[C@H](NC(=O)[C@@H]1CCCN2C(=O)CC[C@H](NC(=O)NCCc3cccs3)C(=O)N12)C(=O)CSc1nnnn1-c1ccccc1)C(=O)O. The van der Waals surface area contributed by atoms with Crippen molar-refractivity contribution in [1.82, 2.24) is 46.2 Å². The number of hydrazine groups is 1. The minimum atomic E-state index is -1.26. The largest absolute Gasteiger partial charge is 0.481 e. The van der Waals surface area contributed by atoms with Crippen molar-refractivity contribution in [3.8, 4) is 5.69 Å². The Bertz CT molecular complexity index is 1720. The maximum atomic E-state index is 14.0. The highest BCUT2D eigenvalue weighted by Gasteiger charge is 2.45. The van der Waals surface area contributed by atoms with Gasteiger partial charge in [-0.3, -0.25) is 29.0 Å². The Kier molecular flexibility index (Phi) is 12.9. The molecule has 2 fully saturated rings. The third kappa shape index (κ3) is 9.57. The van der Waals surface area contributed by atoms with E-state index in [1.54, 1.807) is 23.5 Å². The molecule has 4 heterocycles. The monoisotopic (exact) mass is 737 g/mol. The molecule has 1 unspecified atom stereocenters. The van der Waals surface area contributed by atoms with E-state index < -0.39 is 53.6 Å². The van der Waals surface area contributed by atoms with Gasteiger partial charge in [-0.05, 0) is 72.5 Å². The van der Waals surface area contributed by atoms with Crippen molar-refractivity contribution < 1.29 is 33.9 Å². The first-order chi connectivity index (χ1) is 24.7. The molecule has 2 saturated heterocycles. The number of benzene rings is 1. The summed E-state index contributed by atoms with van der Waals surface area (Å²) in [5.41, 5.74) is 0.668. The number of urea groups is 1. The fourth-order valence-electron chi connectivity index (χ4n) is 5.93. The first-order valence-corrected chi connectivity index (χ1v) is 18.4. The Hall–Kier alpha value is -5.10. The van der Waals surface area contributed by atoms with Crippen LogP contribution in [0.25, 0.3) is 5.69 Å². The average molecular weight is 738 g/mol. The van der Waals surface area contributed by atoms with E-state index in [9.17, 15) is 33.9 Å². The molecule has 5 rings (SSSR count). The van der Waals surface area contributed by atoms with Crippen LogP contribution in [0.3, 0.4) is 0 Å². The van der Waals surface area contributed by atoms with E-state index in [4.69, 9.17) is 0 Å². The van der Waals surface area contributed by atoms with Gasteiger partial charge in [0.1, 0.15) is 12.1 Å². The zero-order chi connectivity index (χ0) is 36.3. The number of nitrogens with one attached hydrogen (secondary N) is 3. The van der Waals surface area contributed by atoms with Gasteiger partial charge in [-0.1, -0.05) is 42.1 Å². The predicted molar refractivity (Wildman–Crippen MR) is 187 cm³/mol. The third-order valence-electron chi connectivity index (χ3n) is 8.52. The van der Waals surface area contributed by atoms with Crippen LogP contribution in [-0.4, -0.2) is 108 Å². The lowest BCUT2D eigenvalue weighted by atomic mass is 9.94. The molecule has 51 heavy (non-hydrogen) atoms. The molecular weight excluding hydrogens is 699 g/mol. The zero-order valence-corrected chi connectivity index (χ0v) is 29.3. The van der Waals surface area contributed by atoms with Crippen LogP contribution >= 0.6 is 23.1 Å². The summed E-state index contributed by atoms with van der Waals surface area (Å²) in [6, 6.07) is 8.80. The van der Waals surface area contributed by atoms with Gasteiger partial charge in [-0.15, -0.1) is 23.0 Å². The van der Waals surface area contributed by atoms with Gasteiger partial charge in [-0.25, -0.2) is 9.80 Å². The van der Waals surface area contributed by atoms with E-state index in [0.717, 1.165) is 21.6 Å². The maximum Gasteiger partial charge on any atom is 0.315 e. The van der Waals surface area contributed by atoms with E-state index in [2.05, 4.69) is 38.1 Å². The molecule has 0 aliphatic carbocycles. The number of aromatic nitrogens is 4. The van der Waals surface area contributed by atoms with Crippen molar-refractivity contribution in [2.75, 3.05) is 18.8 Å². The summed E-state index contributed by atoms with van der Waals surface area (Å²) in [7, 11) is 0. The van der Waals surface area contributed by atoms with Gasteiger partial charge in [0.2, 0.25) is 17.0 Å². The van der Waals surface area contributed by atoms with Crippen molar-refractivity contribution >= 4 is 58.6 Å². The minimum absolute atomic E-state index is 0.0284. The Balaban J connectivity index is 1.30. The average Bonchev–Trinajstić information content (AvgIpc) is 3.82. The Morgan fingerprint density at radius 3 is 2.65 bits per heavy atom. The zero-order valence-electron chi connectivity index (χ0n) is 27.7. The van der Waals surface area contributed by atoms with E-state index >= 15 is 0 Å². The number of aliphatic carboxylic acids is 1. The molecule has 0 saturated carbocycles. The van der Waals surface area contributed by atoms with E-state index in [1.165, 1.54) is 15.8 Å². The van der Waals surface area contributed by atoms with Crippen LogP contribution in [0.4, 0.5) is 4.79 Å². The first-order valence-electron chi connectivity index (χ1n) is 16.5. The molecule has 270 valence electrons. The number of carboxylic acids is 1. The molecule has 2 aromatic heterocycles. The minimum Gasteiger partial charge on any atom is -0.481 e. The van der Waals surface area contributed by atoms with Crippen molar-refractivity contribution in [2.24, 2.45) is 5.92 Å². The number of carbonyl (C=O) groups excluding carboxylic acids is 5. The highest BCUT2D eigenvalue weighted by molar-refractivity contribution is 7.99. The highest BCUT2D eigenvalue weighted by Crippen LogP contribution is 2.26. The molecule has 0 radical (unpaired) electrons. The quantitative estimate of drug-likeness (QED) is 0.123. The fraction of sp³-hybridized carbons (Fsp3) is 0.424. The molecule has 4 atom stereocenters. The summed E-state index contributed by atoms with van der Waals surface area (Å²) in [6.45, 7) is 4.16. The molecule has 2 aliphatic rings. The molecular formula is C33H39N9O7S2. The van der Waals surface area contributed by atoms with Crippen LogP contribution in [0.2, 0.25) is 0 Å². The Morgan fingerprint density at radius 1 is 1.12 bits per heavy atom. The summed E-state index contributed by atoms with van der Waals surface area (Å²) < 4.78 is 1.45. The van der Waals surface area contributed by atoms with Crippen LogP contribution in [0.1, 0.15) is 43.4 Å². The number of tetrazole rings is 1. The predicted octanol–water partition coefficient (Wildman–Crippen LogP) is 1.98. The number of hydrogen-bond acceptors (Lipinski definition) is 11. The number of allylic oxidation sites excluding steroid dienone is 1. The second-order valence-electron chi connectivity index (χ2n) is 12.0. The van der Waals surface area contributed by atoms with Crippen molar-refractivity contribution in [1.29, 1.82) is 0 Å². The summed E-state index contributed by atoms with van der Waals surface area (Å²) >= 11 is 2.59. The van der Waals surface area contributed by atoms with Gasteiger partial charge >= 0.3 is 12.0 Å². The second-order valence-corrected chi connectivity index (χ2v) is 14.0. The van der Waals surface area contributed by atoms with Gasteiger partial charge in [0.05, 0.1) is 23.4 Å². The molecule has 3 aromatic rings. The van der Waals surface area contributed by atoms with Gasteiger partial charge in [0, 0.05) is 24.4 Å². The first kappa shape index (κ1) is 37.2. The highest BCUT2D eigenvalue weighted by atomic mass is 32.2. The number of thioether (sulfide) groups is 1. The van der Waals surface area contributed by atoms with Gasteiger partial charge in [-0.2, -0.15) is 4.68 Å². The smallest absolute Gasteiger partial charge is 0.315 e. The van der Waals surface area contributed by atoms with Gasteiger partial charge in [0.15, 0.2) is 5.78 Å². The molecule has 18 heteroatoms. The molecule has 1 aromatic carbocycles. The lowest BCUT2D eigenvalue weighted by Gasteiger charge is -2.43. The normalized spacial score (nSPS) is 18.6. The second kappa shape index (κ2) is 17.7. The Morgan fingerprint density at radius 2 is 1.92 bits per heavy atom. The number of thiophene rings is 1. The van der Waals surface area contributed by atoms with Crippen LogP contribution in [0.5, 0.6) is 0 Å². The number of Topliss-reactive ketones (excluding diaryl/α,β-unsaturated/α-hetero) is 1. The lowest BCUT2D eigenvalue weighted by molar-refractivity contribution is -0.176. The number of ketones is 1. The number of carbonyl (C=O) groups is 6. The van der Waals surface area contributed by atoms with Gasteiger partial charge in [0.25, 0.3) is 5.91 Å². The van der Waals surface area contributed by atoms with Gasteiger partial charge < -0.3 is 21.1 Å². The standard InChI is InChI=1S/C33H39N9O7S2/c1-2-8-21(31(47)48)19-25(27(43)20-51-33-37-38-39-41(33)22-9-4-3-5-10-22)35-29(45)26-12-6-17-40-28(44)14-13-24(30(46)42(26)40)36-32(49)34-16-15-23-11-7-18-50-23/h2-5,7,9-11,18,21,24-26H,1,6,8,12-17,19-20H2,(H,35,45)(H,47,48)(H2,34,36,49)/t21?,24-,25-,26-/m0/s1. The molecule has 4 N–H and O–H groups in total. The van der Waals surface area contributed by atoms with Crippen LogP contribution < -0.4 is 16.0 Å². The summed E-state index contributed by atoms with van der Waals surface area (Å²) in [5.74, 6) is -4.62. The van der Waals surface area contributed by atoms with Crippen molar-refractivity contribution in [3.63, 3.8) is 0 Å². The summed E-state index contributed by atoms with van der Waals surface area (Å²) in [6.07, 6.45) is 2.44.